The molecule has 110 valence electrons. The Balaban J connectivity index is 1.68. The zero-order valence-electron chi connectivity index (χ0n) is 11.6. The van der Waals surface area contributed by atoms with Gasteiger partial charge in [-0.05, 0) is 12.1 Å². The molecule has 0 saturated carbocycles. The van der Waals surface area contributed by atoms with Gasteiger partial charge in [-0.1, -0.05) is 12.1 Å². The minimum atomic E-state index is -1.04. The fourth-order valence-corrected chi connectivity index (χ4v) is 4.73. The largest absolute Gasteiger partial charge is 0.353 e. The third-order valence-corrected chi connectivity index (χ3v) is 6.07. The first kappa shape index (κ1) is 14.6. The highest BCUT2D eigenvalue weighted by atomic mass is 32.2. The maximum atomic E-state index is 12.2. The van der Waals surface area contributed by atoms with Crippen LogP contribution in [0.15, 0.2) is 24.3 Å². The van der Waals surface area contributed by atoms with Crippen LogP contribution in [0.5, 0.6) is 0 Å². The van der Waals surface area contributed by atoms with Gasteiger partial charge in [0.2, 0.25) is 5.13 Å². The average molecular weight is 338 g/mol. The van der Waals surface area contributed by atoms with Crippen molar-refractivity contribution in [3.8, 4) is 0 Å². The second-order valence-electron chi connectivity index (χ2n) is 4.69. The molecule has 0 radical (unpaired) electrons. The Labute approximate surface area is 133 Å². The quantitative estimate of drug-likeness (QED) is 0.716. The van der Waals surface area contributed by atoms with Crippen LogP contribution in [0.25, 0.3) is 10.2 Å². The minimum absolute atomic E-state index is 0.375. The van der Waals surface area contributed by atoms with Gasteiger partial charge in [0.05, 0.1) is 21.7 Å². The van der Waals surface area contributed by atoms with Crippen LogP contribution in [0.3, 0.4) is 0 Å². The average Bonchev–Trinajstić information content (AvgIpc) is 3.04. The zero-order valence-corrected chi connectivity index (χ0v) is 14.1. The van der Waals surface area contributed by atoms with Gasteiger partial charge >= 0.3 is 0 Å². The molecule has 8 heteroatoms. The van der Waals surface area contributed by atoms with E-state index in [9.17, 15) is 4.21 Å². The number of aromatic nitrogens is 3. The Morgan fingerprint density at radius 2 is 2.00 bits per heavy atom. The Kier molecular flexibility index (Phi) is 4.27. The molecule has 2 aromatic heterocycles. The van der Waals surface area contributed by atoms with E-state index in [0.29, 0.717) is 17.3 Å². The summed E-state index contributed by atoms with van der Waals surface area (Å²) >= 11 is 2.92. The van der Waals surface area contributed by atoms with Crippen molar-refractivity contribution in [2.75, 3.05) is 19.0 Å². The van der Waals surface area contributed by atoms with Gasteiger partial charge in [0.15, 0.2) is 5.82 Å². The van der Waals surface area contributed by atoms with E-state index in [1.807, 2.05) is 43.3 Å². The van der Waals surface area contributed by atoms with Gasteiger partial charge in [-0.3, -0.25) is 4.21 Å². The van der Waals surface area contributed by atoms with Crippen molar-refractivity contribution in [1.82, 2.24) is 14.3 Å². The summed E-state index contributed by atoms with van der Waals surface area (Å²) in [4.78, 5) is 10.8. The summed E-state index contributed by atoms with van der Waals surface area (Å²) in [5, 5.41) is 1.74. The number of para-hydroxylation sites is 1. The van der Waals surface area contributed by atoms with Crippen molar-refractivity contribution < 1.29 is 4.21 Å². The standard InChI is InChI=1S/C13H14N4OS3/c1-17(2)13-15-11(16-20-13)7-21(18)8-12-14-9-5-3-4-6-10(9)19-12/h3-6H,7-8H2,1-2H3/t21-/m0/s1. The molecule has 0 amide bonds. The van der Waals surface area contributed by atoms with Crippen molar-refractivity contribution in [1.29, 1.82) is 0 Å². The molecule has 5 nitrogen and oxygen atoms in total. The number of fused-ring (bicyclic) bond motifs is 1. The van der Waals surface area contributed by atoms with Crippen LogP contribution in [0.4, 0.5) is 5.13 Å². The highest BCUT2D eigenvalue weighted by molar-refractivity contribution is 7.83. The predicted molar refractivity (Wildman–Crippen MR) is 89.4 cm³/mol. The molecule has 0 spiro atoms. The van der Waals surface area contributed by atoms with E-state index >= 15 is 0 Å². The molecule has 0 saturated heterocycles. The Morgan fingerprint density at radius 3 is 2.71 bits per heavy atom. The number of rotatable bonds is 5. The van der Waals surface area contributed by atoms with Crippen LogP contribution >= 0.6 is 22.9 Å². The molecule has 1 aromatic carbocycles. The first-order valence-corrected chi connectivity index (χ1v) is 9.39. The van der Waals surface area contributed by atoms with E-state index in [4.69, 9.17) is 0 Å². The van der Waals surface area contributed by atoms with Gasteiger partial charge in [-0.15, -0.1) is 11.3 Å². The molecule has 0 bridgehead atoms. The van der Waals surface area contributed by atoms with Crippen LogP contribution in [0.1, 0.15) is 10.8 Å². The molecule has 0 aliphatic rings. The Morgan fingerprint density at radius 1 is 1.19 bits per heavy atom. The lowest BCUT2D eigenvalue weighted by Gasteiger charge is -2.04. The van der Waals surface area contributed by atoms with Gasteiger partial charge < -0.3 is 4.90 Å². The second kappa shape index (κ2) is 6.17. The van der Waals surface area contributed by atoms with Crippen LogP contribution in [-0.4, -0.2) is 32.6 Å². The molecule has 0 aliphatic heterocycles. The molecule has 2 heterocycles. The van der Waals surface area contributed by atoms with Gasteiger partial charge in [0.1, 0.15) is 5.01 Å². The van der Waals surface area contributed by atoms with E-state index in [1.54, 1.807) is 11.3 Å². The molecular formula is C13H14N4OS3. The topological polar surface area (TPSA) is 59.0 Å². The molecule has 3 aromatic rings. The maximum Gasteiger partial charge on any atom is 0.204 e. The van der Waals surface area contributed by atoms with Crippen LogP contribution in [0.2, 0.25) is 0 Å². The number of anilines is 1. The molecule has 0 unspecified atom stereocenters. The number of benzene rings is 1. The predicted octanol–water partition coefficient (Wildman–Crippen LogP) is 2.66. The van der Waals surface area contributed by atoms with Gasteiger partial charge in [-0.25, -0.2) is 9.97 Å². The normalized spacial score (nSPS) is 12.7. The van der Waals surface area contributed by atoms with Crippen molar-refractivity contribution >= 4 is 49.0 Å². The van der Waals surface area contributed by atoms with Crippen LogP contribution in [-0.2, 0) is 22.3 Å². The van der Waals surface area contributed by atoms with E-state index < -0.39 is 10.8 Å². The van der Waals surface area contributed by atoms with Crippen LogP contribution < -0.4 is 4.90 Å². The van der Waals surface area contributed by atoms with Gasteiger partial charge in [-0.2, -0.15) is 4.37 Å². The number of thiazole rings is 1. The third kappa shape index (κ3) is 3.45. The molecule has 1 atom stereocenters. The van der Waals surface area contributed by atoms with Crippen molar-refractivity contribution in [2.45, 2.75) is 11.5 Å². The monoisotopic (exact) mass is 338 g/mol. The lowest BCUT2D eigenvalue weighted by atomic mass is 10.3. The summed E-state index contributed by atoms with van der Waals surface area (Å²) < 4.78 is 17.6. The number of nitrogens with zero attached hydrogens (tertiary/aromatic N) is 4. The van der Waals surface area contributed by atoms with E-state index in [0.717, 1.165) is 20.4 Å². The minimum Gasteiger partial charge on any atom is -0.353 e. The summed E-state index contributed by atoms with van der Waals surface area (Å²) in [5.41, 5.74) is 0.969. The smallest absolute Gasteiger partial charge is 0.204 e. The fourth-order valence-electron chi connectivity index (χ4n) is 1.80. The maximum absolute atomic E-state index is 12.2. The van der Waals surface area contributed by atoms with E-state index in [-0.39, 0.29) is 0 Å². The summed E-state index contributed by atoms with van der Waals surface area (Å²) in [5.74, 6) is 1.47. The van der Waals surface area contributed by atoms with Gasteiger partial charge in [0.25, 0.3) is 0 Å². The lowest BCUT2D eigenvalue weighted by molar-refractivity contribution is 0.681. The first-order chi connectivity index (χ1) is 10.1. The number of hydrogen-bond donors (Lipinski definition) is 0. The summed E-state index contributed by atoms with van der Waals surface area (Å²) in [6.07, 6.45) is 0. The Hall–Kier alpha value is -1.38. The Bertz CT molecular complexity index is 747. The molecular weight excluding hydrogens is 324 g/mol. The summed E-state index contributed by atoms with van der Waals surface area (Å²) in [6, 6.07) is 7.96. The van der Waals surface area contributed by atoms with E-state index in [1.165, 1.54) is 11.5 Å². The summed E-state index contributed by atoms with van der Waals surface area (Å²) in [6.45, 7) is 0. The van der Waals surface area contributed by atoms with Crippen molar-refractivity contribution in [2.24, 2.45) is 0 Å². The molecule has 0 fully saturated rings. The molecule has 21 heavy (non-hydrogen) atoms. The van der Waals surface area contributed by atoms with E-state index in [2.05, 4.69) is 14.3 Å². The van der Waals surface area contributed by atoms with Gasteiger partial charge in [0, 0.05) is 36.4 Å². The lowest BCUT2D eigenvalue weighted by Crippen LogP contribution is -2.08. The SMILES string of the molecule is CN(C)c1nc(C[S@](=O)Cc2nc3ccccc3s2)ns1. The first-order valence-electron chi connectivity index (χ1n) is 6.31. The second-order valence-corrected chi connectivity index (χ2v) is 7.99. The highest BCUT2D eigenvalue weighted by Gasteiger charge is 2.12. The zero-order chi connectivity index (χ0) is 14.8. The molecule has 0 aliphatic carbocycles. The number of hydrogen-bond acceptors (Lipinski definition) is 7. The fraction of sp³-hybridized carbons (Fsp3) is 0.308. The third-order valence-electron chi connectivity index (χ3n) is 2.75. The van der Waals surface area contributed by atoms with Crippen molar-refractivity contribution in [3.05, 3.63) is 35.1 Å². The molecule has 0 N–H and O–H groups in total. The molecule has 3 rings (SSSR count). The van der Waals surface area contributed by atoms with Crippen molar-refractivity contribution in [3.63, 3.8) is 0 Å². The highest BCUT2D eigenvalue weighted by Crippen LogP contribution is 2.23. The van der Waals surface area contributed by atoms with Crippen LogP contribution in [0, 0.1) is 0 Å². The summed E-state index contributed by atoms with van der Waals surface area (Å²) in [7, 11) is 2.80.